The summed E-state index contributed by atoms with van der Waals surface area (Å²) in [4.78, 5) is 8.71. The largest absolute Gasteiger partial charge is 0.493 e. The first-order chi connectivity index (χ1) is 13.3. The van der Waals surface area contributed by atoms with Gasteiger partial charge in [0.25, 0.3) is 0 Å². The average molecular weight is 419 g/mol. The maximum atomic E-state index is 11.6. The van der Waals surface area contributed by atoms with Crippen LogP contribution in [0.1, 0.15) is 6.92 Å². The molecule has 7 nitrogen and oxygen atoms in total. The van der Waals surface area contributed by atoms with Gasteiger partial charge in [-0.1, -0.05) is 11.6 Å². The molecule has 9 heteroatoms. The fourth-order valence-corrected chi connectivity index (χ4v) is 3.39. The molecule has 1 heterocycles. The topological polar surface area (TPSA) is 107 Å². The standard InChI is InChI=1S/C19H19ClN4O3S/c1-3-27-17-9-4-12(20)10-15(17)16-11-18(24-19(21)23-16)22-13-5-7-14(8-6-13)28(2,25)26/h4-11H,3H2,1-2H3,(H3,21,22,23,24). The molecule has 0 aliphatic rings. The maximum absolute atomic E-state index is 11.6. The molecule has 0 bridgehead atoms. The Hall–Kier alpha value is -2.84. The van der Waals surface area contributed by atoms with E-state index in [1.54, 1.807) is 36.4 Å². The molecule has 3 N–H and O–H groups in total. The van der Waals surface area contributed by atoms with E-state index in [0.717, 1.165) is 6.26 Å². The molecule has 1 aromatic heterocycles. The number of nitrogens with two attached hydrogens (primary N) is 1. The lowest BCUT2D eigenvalue weighted by molar-refractivity contribution is 0.341. The van der Waals surface area contributed by atoms with Gasteiger partial charge in [-0.05, 0) is 49.4 Å². The second-order valence-corrected chi connectivity index (χ2v) is 8.44. The van der Waals surface area contributed by atoms with E-state index in [-0.39, 0.29) is 10.8 Å². The van der Waals surface area contributed by atoms with Crippen molar-refractivity contribution in [2.24, 2.45) is 0 Å². The lowest BCUT2D eigenvalue weighted by Crippen LogP contribution is -2.03. The summed E-state index contributed by atoms with van der Waals surface area (Å²) in [5.74, 6) is 1.17. The lowest BCUT2D eigenvalue weighted by Gasteiger charge is -2.12. The Kier molecular flexibility index (Phi) is 5.71. The van der Waals surface area contributed by atoms with Crippen molar-refractivity contribution in [2.75, 3.05) is 23.9 Å². The summed E-state index contributed by atoms with van der Waals surface area (Å²) >= 11 is 6.13. The molecule has 0 aliphatic heterocycles. The highest BCUT2D eigenvalue weighted by molar-refractivity contribution is 7.90. The highest BCUT2D eigenvalue weighted by Crippen LogP contribution is 2.33. The van der Waals surface area contributed by atoms with Gasteiger partial charge in [0, 0.05) is 28.6 Å². The van der Waals surface area contributed by atoms with Crippen LogP contribution in [-0.4, -0.2) is 31.2 Å². The quantitative estimate of drug-likeness (QED) is 0.624. The van der Waals surface area contributed by atoms with E-state index in [4.69, 9.17) is 22.1 Å². The zero-order chi connectivity index (χ0) is 20.3. The van der Waals surface area contributed by atoms with Crippen molar-refractivity contribution in [3.63, 3.8) is 0 Å². The van der Waals surface area contributed by atoms with Gasteiger partial charge < -0.3 is 15.8 Å². The molecule has 0 aliphatic carbocycles. The van der Waals surface area contributed by atoms with Crippen LogP contribution in [0.3, 0.4) is 0 Å². The summed E-state index contributed by atoms with van der Waals surface area (Å²) in [6, 6.07) is 13.3. The van der Waals surface area contributed by atoms with Crippen LogP contribution in [0.5, 0.6) is 5.75 Å². The molecule has 0 saturated heterocycles. The molecule has 0 fully saturated rings. The first kappa shape index (κ1) is 19.9. The van der Waals surface area contributed by atoms with E-state index in [1.807, 2.05) is 6.92 Å². The van der Waals surface area contributed by atoms with Gasteiger partial charge in [0.1, 0.15) is 11.6 Å². The summed E-state index contributed by atoms with van der Waals surface area (Å²) in [7, 11) is -3.26. The molecular weight excluding hydrogens is 400 g/mol. The molecule has 2 aromatic carbocycles. The molecule has 0 atom stereocenters. The Balaban J connectivity index is 1.96. The SMILES string of the molecule is CCOc1ccc(Cl)cc1-c1cc(Nc2ccc(S(C)(=O)=O)cc2)nc(N)n1. The highest BCUT2D eigenvalue weighted by atomic mass is 35.5. The number of hydrogen-bond acceptors (Lipinski definition) is 7. The molecule has 3 aromatic rings. The number of aromatic nitrogens is 2. The van der Waals surface area contributed by atoms with Gasteiger partial charge in [-0.25, -0.2) is 13.4 Å². The minimum absolute atomic E-state index is 0.0789. The number of anilines is 3. The van der Waals surface area contributed by atoms with Gasteiger partial charge in [-0.3, -0.25) is 0 Å². The van der Waals surface area contributed by atoms with Crippen molar-refractivity contribution in [1.29, 1.82) is 0 Å². The second-order valence-electron chi connectivity index (χ2n) is 5.99. The van der Waals surface area contributed by atoms with E-state index in [1.165, 1.54) is 12.1 Å². The minimum atomic E-state index is -3.26. The number of ether oxygens (including phenoxy) is 1. The Morgan fingerprint density at radius 1 is 1.11 bits per heavy atom. The molecular formula is C19H19ClN4O3S. The molecule has 0 spiro atoms. The van der Waals surface area contributed by atoms with E-state index < -0.39 is 9.84 Å². The van der Waals surface area contributed by atoms with Crippen LogP contribution < -0.4 is 15.8 Å². The zero-order valence-electron chi connectivity index (χ0n) is 15.3. The van der Waals surface area contributed by atoms with E-state index in [9.17, 15) is 8.42 Å². The van der Waals surface area contributed by atoms with Crippen LogP contribution in [-0.2, 0) is 9.84 Å². The Bertz CT molecular complexity index is 1100. The average Bonchev–Trinajstić information content (AvgIpc) is 2.62. The minimum Gasteiger partial charge on any atom is -0.493 e. The van der Waals surface area contributed by atoms with Crippen molar-refractivity contribution in [2.45, 2.75) is 11.8 Å². The zero-order valence-corrected chi connectivity index (χ0v) is 16.9. The van der Waals surface area contributed by atoms with Gasteiger partial charge >= 0.3 is 0 Å². The Labute approximate surface area is 168 Å². The van der Waals surface area contributed by atoms with Crippen LogP contribution in [0.2, 0.25) is 5.02 Å². The number of rotatable bonds is 6. The number of nitrogens with zero attached hydrogens (tertiary/aromatic N) is 2. The highest BCUT2D eigenvalue weighted by Gasteiger charge is 2.12. The van der Waals surface area contributed by atoms with Crippen LogP contribution in [0.4, 0.5) is 17.5 Å². The summed E-state index contributed by atoms with van der Waals surface area (Å²) in [6.07, 6.45) is 1.16. The van der Waals surface area contributed by atoms with Crippen LogP contribution in [0.15, 0.2) is 53.4 Å². The van der Waals surface area contributed by atoms with Gasteiger partial charge in [0.15, 0.2) is 9.84 Å². The number of nitrogens with one attached hydrogen (secondary N) is 1. The van der Waals surface area contributed by atoms with Crippen LogP contribution in [0.25, 0.3) is 11.3 Å². The maximum Gasteiger partial charge on any atom is 0.222 e. The molecule has 0 saturated carbocycles. The van der Waals surface area contributed by atoms with Crippen LogP contribution >= 0.6 is 11.6 Å². The van der Waals surface area contributed by atoms with Gasteiger partial charge in [-0.15, -0.1) is 0 Å². The summed E-state index contributed by atoms with van der Waals surface area (Å²) in [6.45, 7) is 2.38. The third-order valence-electron chi connectivity index (χ3n) is 3.82. The predicted molar refractivity (Wildman–Crippen MR) is 111 cm³/mol. The molecule has 0 amide bonds. The fraction of sp³-hybridized carbons (Fsp3) is 0.158. The van der Waals surface area contributed by atoms with Crippen molar-refractivity contribution in [3.05, 3.63) is 53.6 Å². The van der Waals surface area contributed by atoms with Crippen molar-refractivity contribution >= 4 is 38.9 Å². The second kappa shape index (κ2) is 8.04. The monoisotopic (exact) mass is 418 g/mol. The molecule has 0 radical (unpaired) electrons. The van der Waals surface area contributed by atoms with E-state index in [0.29, 0.717) is 40.1 Å². The number of sulfone groups is 1. The molecule has 3 rings (SSSR count). The number of nitrogen functional groups attached to an aromatic ring is 1. The van der Waals surface area contributed by atoms with Gasteiger partial charge in [-0.2, -0.15) is 4.98 Å². The molecule has 146 valence electrons. The smallest absolute Gasteiger partial charge is 0.222 e. The number of benzene rings is 2. The van der Waals surface area contributed by atoms with E-state index >= 15 is 0 Å². The lowest BCUT2D eigenvalue weighted by atomic mass is 10.1. The first-order valence-corrected chi connectivity index (χ1v) is 10.7. The number of hydrogen-bond donors (Lipinski definition) is 2. The van der Waals surface area contributed by atoms with Crippen molar-refractivity contribution < 1.29 is 13.2 Å². The summed E-state index contributed by atoms with van der Waals surface area (Å²) in [5.41, 5.74) is 7.78. The van der Waals surface area contributed by atoms with Gasteiger partial charge in [0.2, 0.25) is 5.95 Å². The Morgan fingerprint density at radius 3 is 2.46 bits per heavy atom. The van der Waals surface area contributed by atoms with Crippen molar-refractivity contribution in [1.82, 2.24) is 9.97 Å². The normalized spacial score (nSPS) is 11.2. The van der Waals surface area contributed by atoms with Crippen LogP contribution in [0, 0.1) is 0 Å². The predicted octanol–water partition coefficient (Wildman–Crippen LogP) is 3.93. The summed E-state index contributed by atoms with van der Waals surface area (Å²) in [5, 5.41) is 3.64. The van der Waals surface area contributed by atoms with Crippen molar-refractivity contribution in [3.8, 4) is 17.0 Å². The van der Waals surface area contributed by atoms with Gasteiger partial charge in [0.05, 0.1) is 17.2 Å². The number of halogens is 1. The third kappa shape index (κ3) is 4.71. The first-order valence-electron chi connectivity index (χ1n) is 8.40. The fourth-order valence-electron chi connectivity index (χ4n) is 2.58. The third-order valence-corrected chi connectivity index (χ3v) is 5.18. The molecule has 28 heavy (non-hydrogen) atoms. The summed E-state index contributed by atoms with van der Waals surface area (Å²) < 4.78 is 28.8. The Morgan fingerprint density at radius 2 is 1.82 bits per heavy atom. The van der Waals surface area contributed by atoms with E-state index in [2.05, 4.69) is 15.3 Å². The molecule has 0 unspecified atom stereocenters.